The number of nitrogens with zero attached hydrogens (tertiary/aromatic N) is 3. The van der Waals surface area contributed by atoms with Crippen molar-refractivity contribution in [1.82, 2.24) is 4.57 Å². The summed E-state index contributed by atoms with van der Waals surface area (Å²) in [5.41, 5.74) is 2.48. The van der Waals surface area contributed by atoms with Crippen LogP contribution in [0.25, 0.3) is 23.1 Å². The van der Waals surface area contributed by atoms with E-state index in [2.05, 4.69) is 0 Å². The van der Waals surface area contributed by atoms with Gasteiger partial charge in [-0.15, -0.1) is 0 Å². The van der Waals surface area contributed by atoms with Crippen molar-refractivity contribution >= 4 is 34.8 Å². The smallest absolute Gasteiger partial charge is 0.338 e. The van der Waals surface area contributed by atoms with Crippen LogP contribution >= 0.6 is 11.3 Å². The van der Waals surface area contributed by atoms with Gasteiger partial charge in [0.1, 0.15) is 11.5 Å². The Kier molecular flexibility index (Phi) is 8.59. The fraction of sp³-hybridized carbons (Fsp3) is 0.171. The summed E-state index contributed by atoms with van der Waals surface area (Å²) in [6, 6.07) is 21.7. The molecule has 5 aromatic rings. The highest BCUT2D eigenvalue weighted by molar-refractivity contribution is 7.07. The first-order chi connectivity index (χ1) is 22.7. The van der Waals surface area contributed by atoms with E-state index in [1.54, 1.807) is 62.4 Å². The van der Waals surface area contributed by atoms with E-state index in [9.17, 15) is 19.7 Å². The number of carbonyl (C=O) groups is 1. The van der Waals surface area contributed by atoms with Gasteiger partial charge >= 0.3 is 5.97 Å². The van der Waals surface area contributed by atoms with Crippen LogP contribution in [0.5, 0.6) is 11.5 Å². The number of benzene rings is 3. The maximum absolute atomic E-state index is 14.2. The van der Waals surface area contributed by atoms with Crippen molar-refractivity contribution in [2.75, 3.05) is 20.8 Å². The zero-order chi connectivity index (χ0) is 33.2. The molecule has 238 valence electrons. The minimum atomic E-state index is -0.915. The topological polar surface area (TPSA) is 135 Å². The Morgan fingerprint density at radius 3 is 2.51 bits per heavy atom. The number of hydrogen-bond donors (Lipinski definition) is 0. The molecule has 0 saturated heterocycles. The van der Waals surface area contributed by atoms with Crippen LogP contribution in [0.1, 0.15) is 35.4 Å². The van der Waals surface area contributed by atoms with E-state index in [1.807, 2.05) is 30.3 Å². The summed E-state index contributed by atoms with van der Waals surface area (Å²) >= 11 is 1.15. The number of rotatable bonds is 9. The van der Waals surface area contributed by atoms with Crippen molar-refractivity contribution in [1.29, 1.82) is 0 Å². The maximum atomic E-state index is 14.2. The van der Waals surface area contributed by atoms with Gasteiger partial charge in [0.2, 0.25) is 0 Å². The molecule has 11 nitrogen and oxygen atoms in total. The van der Waals surface area contributed by atoms with Crippen LogP contribution in [0.15, 0.2) is 98.6 Å². The van der Waals surface area contributed by atoms with E-state index in [-0.39, 0.29) is 17.9 Å². The summed E-state index contributed by atoms with van der Waals surface area (Å²) in [6.07, 6.45) is 1.60. The molecule has 0 aliphatic carbocycles. The molecule has 6 rings (SSSR count). The van der Waals surface area contributed by atoms with Crippen molar-refractivity contribution in [3.8, 4) is 22.8 Å². The van der Waals surface area contributed by atoms with E-state index in [4.69, 9.17) is 23.6 Å². The zero-order valence-corrected chi connectivity index (χ0v) is 26.7. The highest BCUT2D eigenvalue weighted by Gasteiger charge is 2.35. The van der Waals surface area contributed by atoms with Gasteiger partial charge < -0.3 is 18.6 Å². The second kappa shape index (κ2) is 12.9. The Morgan fingerprint density at radius 1 is 1.04 bits per heavy atom. The molecule has 1 atom stereocenters. The molecular formula is C35H29N3O8S. The van der Waals surface area contributed by atoms with Crippen LogP contribution in [0.3, 0.4) is 0 Å². The maximum Gasteiger partial charge on any atom is 0.338 e. The lowest BCUT2D eigenvalue weighted by Gasteiger charge is -2.26. The molecule has 0 saturated carbocycles. The van der Waals surface area contributed by atoms with E-state index in [0.717, 1.165) is 11.3 Å². The normalized spacial score (nSPS) is 14.4. The first kappa shape index (κ1) is 31.2. The van der Waals surface area contributed by atoms with Gasteiger partial charge in [-0.05, 0) is 43.7 Å². The number of methoxy groups -OCH3 is 2. The molecule has 47 heavy (non-hydrogen) atoms. The Hall–Kier alpha value is -5.75. The number of nitro benzene ring substituents is 1. The Labute approximate surface area is 272 Å². The van der Waals surface area contributed by atoms with Crippen molar-refractivity contribution in [3.63, 3.8) is 0 Å². The first-order valence-electron chi connectivity index (χ1n) is 14.6. The standard InChI is InChI=1S/C35H29N3O8S/c1-5-45-34(40)30-31(21-10-7-6-8-11-21)36-35-37(32(30)22-14-16-27(43-3)28(18-22)44-4)33(39)29(47-35)19-23-15-17-26(46-23)24-12-9-13-25(20(24)2)38(41)42/h6-19,32H,5H2,1-4H3/b29-19-/t32-/m1/s1. The number of thiazole rings is 1. The first-order valence-corrected chi connectivity index (χ1v) is 15.4. The predicted molar refractivity (Wildman–Crippen MR) is 176 cm³/mol. The average Bonchev–Trinajstić information content (AvgIpc) is 3.67. The summed E-state index contributed by atoms with van der Waals surface area (Å²) in [7, 11) is 3.04. The third-order valence-electron chi connectivity index (χ3n) is 7.76. The van der Waals surface area contributed by atoms with Gasteiger partial charge in [-0.3, -0.25) is 19.5 Å². The molecule has 1 aliphatic rings. The van der Waals surface area contributed by atoms with Crippen LogP contribution in [-0.4, -0.2) is 36.3 Å². The van der Waals surface area contributed by atoms with Gasteiger partial charge in [0.25, 0.3) is 11.2 Å². The molecule has 0 unspecified atom stereocenters. The van der Waals surface area contributed by atoms with Crippen LogP contribution < -0.4 is 24.4 Å². The van der Waals surface area contributed by atoms with Crippen molar-refractivity contribution in [3.05, 3.63) is 137 Å². The molecule has 0 radical (unpaired) electrons. The number of furan rings is 1. The van der Waals surface area contributed by atoms with Gasteiger partial charge in [0.15, 0.2) is 16.3 Å². The highest BCUT2D eigenvalue weighted by Crippen LogP contribution is 2.38. The summed E-state index contributed by atoms with van der Waals surface area (Å²) in [6.45, 7) is 3.50. The Morgan fingerprint density at radius 2 is 1.81 bits per heavy atom. The van der Waals surface area contributed by atoms with Crippen molar-refractivity contribution in [2.24, 2.45) is 4.99 Å². The molecule has 2 aromatic heterocycles. The van der Waals surface area contributed by atoms with Gasteiger partial charge in [0, 0.05) is 28.8 Å². The SMILES string of the molecule is CCOC(=O)C1=C(c2ccccc2)N=c2s/c(=C\c3ccc(-c4cccc([N+](=O)[O-])c4C)o3)c(=O)n2[C@@H]1c1ccc(OC)c(OC)c1. The quantitative estimate of drug-likeness (QED) is 0.117. The molecule has 12 heteroatoms. The number of carbonyl (C=O) groups excluding carboxylic acids is 1. The number of hydrogen-bond acceptors (Lipinski definition) is 10. The molecular weight excluding hydrogens is 622 g/mol. The molecule has 0 fully saturated rings. The minimum Gasteiger partial charge on any atom is -0.493 e. The number of nitro groups is 1. The number of fused-ring (bicyclic) bond motifs is 1. The molecule has 3 heterocycles. The lowest BCUT2D eigenvalue weighted by Crippen LogP contribution is -2.40. The molecule has 0 bridgehead atoms. The number of aromatic nitrogens is 1. The number of esters is 1. The van der Waals surface area contributed by atoms with E-state index >= 15 is 0 Å². The van der Waals surface area contributed by atoms with Gasteiger partial charge in [-0.1, -0.05) is 59.9 Å². The molecule has 0 amide bonds. The molecule has 1 aliphatic heterocycles. The lowest BCUT2D eigenvalue weighted by atomic mass is 9.93. The van der Waals surface area contributed by atoms with E-state index < -0.39 is 22.5 Å². The average molecular weight is 652 g/mol. The third kappa shape index (κ3) is 5.74. The van der Waals surface area contributed by atoms with Gasteiger partial charge in [-0.2, -0.15) is 0 Å². The van der Waals surface area contributed by atoms with Crippen molar-refractivity contribution in [2.45, 2.75) is 19.9 Å². The van der Waals surface area contributed by atoms with Crippen LogP contribution in [0.4, 0.5) is 5.69 Å². The number of ether oxygens (including phenoxy) is 3. The zero-order valence-electron chi connectivity index (χ0n) is 25.9. The Bertz CT molecular complexity index is 2230. The third-order valence-corrected chi connectivity index (χ3v) is 8.75. The summed E-state index contributed by atoms with van der Waals surface area (Å²) in [4.78, 5) is 44.2. The Balaban J connectivity index is 1.57. The van der Waals surface area contributed by atoms with Crippen molar-refractivity contribution < 1.29 is 28.3 Å². The van der Waals surface area contributed by atoms with E-state index in [1.165, 1.54) is 24.9 Å². The fourth-order valence-electron chi connectivity index (χ4n) is 5.57. The summed E-state index contributed by atoms with van der Waals surface area (Å²) in [5, 5.41) is 11.5. The molecule has 0 spiro atoms. The highest BCUT2D eigenvalue weighted by atomic mass is 32.1. The van der Waals surface area contributed by atoms with Gasteiger partial charge in [-0.25, -0.2) is 9.79 Å². The molecule has 3 aromatic carbocycles. The lowest BCUT2D eigenvalue weighted by molar-refractivity contribution is -0.385. The molecule has 0 N–H and O–H groups in total. The van der Waals surface area contributed by atoms with E-state index in [0.29, 0.717) is 60.3 Å². The van der Waals surface area contributed by atoms with Crippen LogP contribution in [0, 0.1) is 17.0 Å². The monoisotopic (exact) mass is 651 g/mol. The van der Waals surface area contributed by atoms with Crippen LogP contribution in [-0.2, 0) is 9.53 Å². The van der Waals surface area contributed by atoms with Gasteiger partial charge in [0.05, 0.1) is 47.6 Å². The largest absolute Gasteiger partial charge is 0.493 e. The fourth-order valence-corrected chi connectivity index (χ4v) is 6.55. The second-order valence-corrected chi connectivity index (χ2v) is 11.5. The minimum absolute atomic E-state index is 0.0180. The predicted octanol–water partition coefficient (Wildman–Crippen LogP) is 5.43. The summed E-state index contributed by atoms with van der Waals surface area (Å²) < 4.78 is 24.4. The van der Waals surface area contributed by atoms with Crippen LogP contribution in [0.2, 0.25) is 0 Å². The second-order valence-electron chi connectivity index (χ2n) is 10.5. The summed E-state index contributed by atoms with van der Waals surface area (Å²) in [5.74, 6) is 1.10.